The third kappa shape index (κ3) is 5.80. The highest BCUT2D eigenvalue weighted by Gasteiger charge is 2.20. The van der Waals surface area contributed by atoms with Crippen molar-refractivity contribution < 1.29 is 4.74 Å². The van der Waals surface area contributed by atoms with Crippen molar-refractivity contribution in [2.45, 2.75) is 25.3 Å². The number of nitrogens with two attached hydrogens (primary N) is 1. The molecule has 1 aliphatic rings. The molecule has 2 N–H and O–H groups in total. The summed E-state index contributed by atoms with van der Waals surface area (Å²) >= 11 is 5.88. The van der Waals surface area contributed by atoms with Gasteiger partial charge in [0.15, 0.2) is 0 Å². The molecular weight excluding hydrogens is 272 g/mol. The van der Waals surface area contributed by atoms with Crippen LogP contribution in [-0.2, 0) is 4.74 Å². The number of halogens is 1. The van der Waals surface area contributed by atoms with Gasteiger partial charge in [-0.15, -0.1) is 0 Å². The zero-order chi connectivity index (χ0) is 14.4. The number of hydrogen-bond donors (Lipinski definition) is 1. The van der Waals surface area contributed by atoms with Crippen LogP contribution in [0.3, 0.4) is 0 Å². The molecule has 0 saturated heterocycles. The molecule has 0 heterocycles. The van der Waals surface area contributed by atoms with Crippen LogP contribution in [0.1, 0.15) is 30.9 Å². The first-order chi connectivity index (χ1) is 9.65. The third-order valence-corrected chi connectivity index (χ3v) is 4.04. The second-order valence-corrected chi connectivity index (χ2v) is 6.20. The van der Waals surface area contributed by atoms with Crippen LogP contribution in [-0.4, -0.2) is 38.3 Å². The lowest BCUT2D eigenvalue weighted by Gasteiger charge is -2.19. The highest BCUT2D eigenvalue weighted by molar-refractivity contribution is 6.30. The van der Waals surface area contributed by atoms with Crippen LogP contribution in [0.5, 0.6) is 0 Å². The molecule has 0 bridgehead atoms. The lowest BCUT2D eigenvalue weighted by Crippen LogP contribution is -2.27. The van der Waals surface area contributed by atoms with Crippen molar-refractivity contribution in [3.05, 3.63) is 34.9 Å². The van der Waals surface area contributed by atoms with Crippen molar-refractivity contribution in [2.75, 3.05) is 33.4 Å². The first-order valence-corrected chi connectivity index (χ1v) is 7.80. The Morgan fingerprint density at radius 3 is 2.65 bits per heavy atom. The minimum atomic E-state index is 0.0714. The predicted molar refractivity (Wildman–Crippen MR) is 84.0 cm³/mol. The highest BCUT2D eigenvalue weighted by Crippen LogP contribution is 2.28. The molecule has 1 atom stereocenters. The molecule has 0 aromatic heterocycles. The Hall–Kier alpha value is -0.610. The number of rotatable bonds is 9. The van der Waals surface area contributed by atoms with Gasteiger partial charge in [-0.2, -0.15) is 0 Å². The molecule has 3 nitrogen and oxygen atoms in total. The molecule has 2 rings (SSSR count). The van der Waals surface area contributed by atoms with Gasteiger partial charge in [-0.3, -0.25) is 0 Å². The highest BCUT2D eigenvalue weighted by atomic mass is 35.5. The summed E-state index contributed by atoms with van der Waals surface area (Å²) < 4.78 is 5.65. The second kappa shape index (κ2) is 7.99. The second-order valence-electron chi connectivity index (χ2n) is 5.77. The van der Waals surface area contributed by atoms with Gasteiger partial charge in [0.1, 0.15) is 0 Å². The predicted octanol–water partition coefficient (Wildman–Crippen LogP) is 3.09. The van der Waals surface area contributed by atoms with Gasteiger partial charge in [0.25, 0.3) is 0 Å². The van der Waals surface area contributed by atoms with Gasteiger partial charge >= 0.3 is 0 Å². The van der Waals surface area contributed by atoms with Crippen molar-refractivity contribution in [2.24, 2.45) is 11.7 Å². The molecule has 1 saturated carbocycles. The van der Waals surface area contributed by atoms with Crippen molar-refractivity contribution in [1.29, 1.82) is 0 Å². The molecule has 1 fully saturated rings. The Kier molecular flexibility index (Phi) is 6.30. The van der Waals surface area contributed by atoms with Crippen LogP contribution < -0.4 is 5.73 Å². The van der Waals surface area contributed by atoms with Crippen molar-refractivity contribution in [1.82, 2.24) is 4.90 Å². The largest absolute Gasteiger partial charge is 0.380 e. The van der Waals surface area contributed by atoms with Gasteiger partial charge < -0.3 is 15.4 Å². The molecule has 20 heavy (non-hydrogen) atoms. The fourth-order valence-electron chi connectivity index (χ4n) is 2.10. The molecule has 0 radical (unpaired) electrons. The number of hydrogen-bond acceptors (Lipinski definition) is 3. The Bertz CT molecular complexity index is 392. The summed E-state index contributed by atoms with van der Waals surface area (Å²) in [6.45, 7) is 3.72. The van der Waals surface area contributed by atoms with E-state index >= 15 is 0 Å². The summed E-state index contributed by atoms with van der Waals surface area (Å²) in [5.74, 6) is 0.846. The van der Waals surface area contributed by atoms with Crippen molar-refractivity contribution in [3.63, 3.8) is 0 Å². The third-order valence-electron chi connectivity index (χ3n) is 3.79. The molecule has 1 unspecified atom stereocenters. The molecule has 0 spiro atoms. The summed E-state index contributed by atoms with van der Waals surface area (Å²) in [6, 6.07) is 7.87. The Labute approximate surface area is 127 Å². The lowest BCUT2D eigenvalue weighted by atomic mass is 10.0. The first-order valence-electron chi connectivity index (χ1n) is 7.42. The molecule has 4 heteroatoms. The molecule has 0 aliphatic heterocycles. The van der Waals surface area contributed by atoms with Crippen LogP contribution >= 0.6 is 11.6 Å². The SMILES string of the molecule is CN(CCOCC1CC1)CCC(N)c1ccc(Cl)cc1. The molecule has 1 aromatic rings. The van der Waals surface area contributed by atoms with E-state index in [0.29, 0.717) is 0 Å². The van der Waals surface area contributed by atoms with E-state index in [1.54, 1.807) is 0 Å². The van der Waals surface area contributed by atoms with E-state index in [0.717, 1.165) is 49.2 Å². The van der Waals surface area contributed by atoms with Gasteiger partial charge in [-0.1, -0.05) is 23.7 Å². The Morgan fingerprint density at radius 2 is 2.00 bits per heavy atom. The summed E-state index contributed by atoms with van der Waals surface area (Å²) in [4.78, 5) is 2.28. The number of nitrogens with zero attached hydrogens (tertiary/aromatic N) is 1. The van der Waals surface area contributed by atoms with E-state index in [2.05, 4.69) is 11.9 Å². The van der Waals surface area contributed by atoms with E-state index in [9.17, 15) is 0 Å². The summed E-state index contributed by atoms with van der Waals surface area (Å²) in [5, 5.41) is 0.755. The van der Waals surface area contributed by atoms with E-state index in [1.807, 2.05) is 24.3 Å². The summed E-state index contributed by atoms with van der Waals surface area (Å²) in [6.07, 6.45) is 3.65. The Balaban J connectivity index is 1.59. The maximum absolute atomic E-state index is 6.20. The zero-order valence-corrected chi connectivity index (χ0v) is 13.0. The molecular formula is C16H25ClN2O. The van der Waals surface area contributed by atoms with E-state index < -0.39 is 0 Å². The van der Waals surface area contributed by atoms with Crippen LogP contribution in [0.25, 0.3) is 0 Å². The average molecular weight is 297 g/mol. The minimum Gasteiger partial charge on any atom is -0.380 e. The minimum absolute atomic E-state index is 0.0714. The maximum atomic E-state index is 6.20. The van der Waals surface area contributed by atoms with Crippen molar-refractivity contribution >= 4 is 11.6 Å². The first kappa shape index (κ1) is 15.8. The molecule has 1 aliphatic carbocycles. The summed E-state index contributed by atoms with van der Waals surface area (Å²) in [5.41, 5.74) is 7.34. The van der Waals surface area contributed by atoms with Gasteiger partial charge in [-0.25, -0.2) is 0 Å². The van der Waals surface area contributed by atoms with Crippen LogP contribution in [0.4, 0.5) is 0 Å². The number of benzene rings is 1. The van der Waals surface area contributed by atoms with Crippen LogP contribution in [0.15, 0.2) is 24.3 Å². The smallest absolute Gasteiger partial charge is 0.0593 e. The van der Waals surface area contributed by atoms with Gasteiger partial charge in [0.2, 0.25) is 0 Å². The fraction of sp³-hybridized carbons (Fsp3) is 0.625. The van der Waals surface area contributed by atoms with Crippen LogP contribution in [0.2, 0.25) is 5.02 Å². The zero-order valence-electron chi connectivity index (χ0n) is 12.2. The topological polar surface area (TPSA) is 38.5 Å². The quantitative estimate of drug-likeness (QED) is 0.712. The van der Waals surface area contributed by atoms with Crippen molar-refractivity contribution in [3.8, 4) is 0 Å². The molecule has 0 amide bonds. The van der Waals surface area contributed by atoms with E-state index in [4.69, 9.17) is 22.1 Å². The normalized spacial score (nSPS) is 16.6. The Morgan fingerprint density at radius 1 is 1.30 bits per heavy atom. The monoisotopic (exact) mass is 296 g/mol. The molecule has 112 valence electrons. The summed E-state index contributed by atoms with van der Waals surface area (Å²) in [7, 11) is 2.12. The lowest BCUT2D eigenvalue weighted by molar-refractivity contribution is 0.103. The van der Waals surface area contributed by atoms with E-state index in [1.165, 1.54) is 12.8 Å². The standard InChI is InChI=1S/C16H25ClN2O/c1-19(10-11-20-12-13-2-3-13)9-8-16(18)14-4-6-15(17)7-5-14/h4-7,13,16H,2-3,8-12,18H2,1H3. The maximum Gasteiger partial charge on any atom is 0.0593 e. The van der Waals surface area contributed by atoms with Gasteiger partial charge in [0.05, 0.1) is 6.61 Å². The van der Waals surface area contributed by atoms with Crippen LogP contribution in [0, 0.1) is 5.92 Å². The number of likely N-dealkylation sites (N-methyl/N-ethyl adjacent to an activating group) is 1. The average Bonchev–Trinajstić information content (AvgIpc) is 3.26. The van der Waals surface area contributed by atoms with Gasteiger partial charge in [0, 0.05) is 24.2 Å². The molecule has 1 aromatic carbocycles. The van der Waals surface area contributed by atoms with Gasteiger partial charge in [-0.05, 0) is 56.5 Å². The fourth-order valence-corrected chi connectivity index (χ4v) is 2.23. The number of ether oxygens (including phenoxy) is 1. The van der Waals surface area contributed by atoms with E-state index in [-0.39, 0.29) is 6.04 Å².